The highest BCUT2D eigenvalue weighted by molar-refractivity contribution is 7.13. The Morgan fingerprint density at radius 3 is 2.53 bits per heavy atom. The third-order valence-corrected chi connectivity index (χ3v) is 6.65. The molecule has 0 aliphatic heterocycles. The second kappa shape index (κ2) is 9.20. The molecule has 1 N–H and O–H groups in total. The number of nitriles is 1. The number of nitrogens with zero attached hydrogens (tertiary/aromatic N) is 4. The Kier molecular flexibility index (Phi) is 6.05. The molecule has 0 unspecified atom stereocenters. The molecule has 3 aromatic heterocycles. The second-order valence-corrected chi connectivity index (χ2v) is 9.43. The number of H-pyrrole nitrogens is 1. The minimum Gasteiger partial charge on any atom is -0.454 e. The summed E-state index contributed by atoms with van der Waals surface area (Å²) < 4.78 is 20.2. The molecule has 0 radical (unpaired) electrons. The van der Waals surface area contributed by atoms with Gasteiger partial charge in [0.05, 0.1) is 31.8 Å². The number of benzene rings is 2. The highest BCUT2D eigenvalue weighted by Gasteiger charge is 2.16. The Labute approximate surface area is 215 Å². The van der Waals surface area contributed by atoms with Crippen LogP contribution in [0, 0.1) is 23.4 Å². The van der Waals surface area contributed by atoms with Crippen LogP contribution in [0.5, 0.6) is 11.5 Å². The van der Waals surface area contributed by atoms with E-state index >= 15 is 0 Å². The number of aryl methyl sites for hydroxylation is 1. The summed E-state index contributed by atoms with van der Waals surface area (Å²) in [7, 11) is 0. The molecule has 0 saturated heterocycles. The Bertz CT molecular complexity index is 1820. The zero-order chi connectivity index (χ0) is 25.6. The molecule has 5 aromatic rings. The zero-order valence-electron chi connectivity index (χ0n) is 18.2. The number of rotatable bonds is 4. The van der Waals surface area contributed by atoms with Crippen LogP contribution in [0.4, 0.5) is 4.39 Å². The topological polar surface area (TPSA) is 114 Å². The van der Waals surface area contributed by atoms with Crippen molar-refractivity contribution < 1.29 is 9.13 Å². The molecule has 0 atom stereocenters. The van der Waals surface area contributed by atoms with Crippen LogP contribution >= 0.6 is 34.5 Å². The third kappa shape index (κ3) is 4.35. The van der Waals surface area contributed by atoms with Gasteiger partial charge >= 0.3 is 5.69 Å². The van der Waals surface area contributed by atoms with Gasteiger partial charge in [-0.2, -0.15) is 14.3 Å². The molecule has 8 nitrogen and oxygen atoms in total. The summed E-state index contributed by atoms with van der Waals surface area (Å²) in [6.07, 6.45) is 0. The highest BCUT2D eigenvalue weighted by atomic mass is 35.5. The lowest BCUT2D eigenvalue weighted by Crippen LogP contribution is -2.33. The summed E-state index contributed by atoms with van der Waals surface area (Å²) in [5, 5.41) is 13.5. The monoisotopic (exact) mass is 539 g/mol. The smallest absolute Gasteiger partial charge is 0.349 e. The van der Waals surface area contributed by atoms with Gasteiger partial charge in [0.15, 0.2) is 10.9 Å². The fraction of sp³-hybridized carbons (Fsp3) is 0.0417. The number of pyridine rings is 1. The number of hydrogen-bond donors (Lipinski definition) is 1. The molecule has 12 heteroatoms. The first kappa shape index (κ1) is 23.7. The highest BCUT2D eigenvalue weighted by Crippen LogP contribution is 2.39. The normalized spacial score (nSPS) is 11.0. The van der Waals surface area contributed by atoms with Crippen molar-refractivity contribution in [1.29, 1.82) is 5.26 Å². The predicted molar refractivity (Wildman–Crippen MR) is 135 cm³/mol. The van der Waals surface area contributed by atoms with Crippen molar-refractivity contribution in [3.63, 3.8) is 0 Å². The van der Waals surface area contributed by atoms with E-state index in [1.54, 1.807) is 30.3 Å². The van der Waals surface area contributed by atoms with Crippen molar-refractivity contribution in [3.05, 3.63) is 95.8 Å². The van der Waals surface area contributed by atoms with Crippen LogP contribution in [-0.4, -0.2) is 19.7 Å². The van der Waals surface area contributed by atoms with Crippen LogP contribution in [-0.2, 0) is 0 Å². The number of aromatic nitrogens is 4. The quantitative estimate of drug-likeness (QED) is 0.317. The van der Waals surface area contributed by atoms with E-state index in [9.17, 15) is 14.0 Å². The SMILES string of the molecule is Cc1cc(-c2ccc(F)s2)nc2ccc(Oc3c(Cl)cc(-n4nc(C#N)c(=O)[nH]c4=O)cc3Cl)cc12. The number of halogens is 3. The summed E-state index contributed by atoms with van der Waals surface area (Å²) in [4.78, 5) is 31.2. The van der Waals surface area contributed by atoms with E-state index in [0.29, 0.717) is 17.0 Å². The van der Waals surface area contributed by atoms with Gasteiger partial charge in [0, 0.05) is 5.39 Å². The fourth-order valence-corrected chi connectivity index (χ4v) is 4.79. The van der Waals surface area contributed by atoms with Crippen LogP contribution in [0.2, 0.25) is 10.0 Å². The van der Waals surface area contributed by atoms with Gasteiger partial charge in [-0.3, -0.25) is 9.78 Å². The van der Waals surface area contributed by atoms with Crippen molar-refractivity contribution >= 4 is 45.4 Å². The van der Waals surface area contributed by atoms with E-state index in [1.165, 1.54) is 18.2 Å². The van der Waals surface area contributed by atoms with Crippen LogP contribution in [0.1, 0.15) is 11.3 Å². The van der Waals surface area contributed by atoms with Gasteiger partial charge in [0.1, 0.15) is 11.8 Å². The number of aromatic amines is 1. The van der Waals surface area contributed by atoms with E-state index in [0.717, 1.165) is 31.8 Å². The molecule has 36 heavy (non-hydrogen) atoms. The Hall–Kier alpha value is -4.04. The van der Waals surface area contributed by atoms with Gasteiger partial charge in [0.25, 0.3) is 5.56 Å². The summed E-state index contributed by atoms with van der Waals surface area (Å²) in [6, 6.07) is 14.6. The molecule has 0 saturated carbocycles. The lowest BCUT2D eigenvalue weighted by atomic mass is 10.1. The van der Waals surface area contributed by atoms with Crippen LogP contribution in [0.15, 0.2) is 58.1 Å². The minimum atomic E-state index is -0.897. The van der Waals surface area contributed by atoms with Crippen molar-refractivity contribution in [2.45, 2.75) is 6.92 Å². The average Bonchev–Trinajstić information content (AvgIpc) is 3.28. The van der Waals surface area contributed by atoms with Gasteiger partial charge in [-0.25, -0.2) is 9.78 Å². The summed E-state index contributed by atoms with van der Waals surface area (Å²) in [6.45, 7) is 1.92. The van der Waals surface area contributed by atoms with Crippen LogP contribution in [0.25, 0.3) is 27.2 Å². The standard InChI is InChI=1S/C24H12Cl2FN5O3S/c1-11-6-18(20-4-5-21(27)36-20)29-17-3-2-13(9-14(11)17)35-22-15(25)7-12(8-16(22)26)32-24(34)30-23(33)19(10-28)31-32/h2-9H,1H3,(H,30,33,34). The van der Waals surface area contributed by atoms with E-state index < -0.39 is 16.9 Å². The van der Waals surface area contributed by atoms with Gasteiger partial charge < -0.3 is 4.74 Å². The number of thiophene rings is 1. The molecule has 5 rings (SSSR count). The number of hydrogen-bond acceptors (Lipinski definition) is 7. The number of nitrogens with one attached hydrogen (secondary N) is 1. The van der Waals surface area contributed by atoms with E-state index in [-0.39, 0.29) is 26.6 Å². The molecule has 2 aromatic carbocycles. The number of ether oxygens (including phenoxy) is 1. The van der Waals surface area contributed by atoms with Crippen LogP contribution in [0.3, 0.4) is 0 Å². The summed E-state index contributed by atoms with van der Waals surface area (Å²) >= 11 is 13.8. The first-order valence-electron chi connectivity index (χ1n) is 10.2. The van der Waals surface area contributed by atoms with Crippen molar-refractivity contribution in [3.8, 4) is 33.8 Å². The largest absolute Gasteiger partial charge is 0.454 e. The first-order valence-corrected chi connectivity index (χ1v) is 11.8. The average molecular weight is 540 g/mol. The van der Waals surface area contributed by atoms with Crippen molar-refractivity contribution in [2.24, 2.45) is 0 Å². The van der Waals surface area contributed by atoms with Gasteiger partial charge in [-0.05, 0) is 61.0 Å². The van der Waals surface area contributed by atoms with Gasteiger partial charge in [-0.1, -0.05) is 23.2 Å². The number of fused-ring (bicyclic) bond motifs is 1. The van der Waals surface area contributed by atoms with Crippen molar-refractivity contribution in [1.82, 2.24) is 19.7 Å². The Morgan fingerprint density at radius 2 is 1.86 bits per heavy atom. The first-order chi connectivity index (χ1) is 17.2. The zero-order valence-corrected chi connectivity index (χ0v) is 20.5. The third-order valence-electron chi connectivity index (χ3n) is 5.19. The molecule has 0 fully saturated rings. The van der Waals surface area contributed by atoms with E-state index in [1.807, 2.05) is 18.0 Å². The second-order valence-electron chi connectivity index (χ2n) is 7.58. The Balaban J connectivity index is 1.50. The molecular formula is C24H12Cl2FN5O3S. The van der Waals surface area contributed by atoms with Gasteiger partial charge in [-0.15, -0.1) is 16.4 Å². The van der Waals surface area contributed by atoms with E-state index in [4.69, 9.17) is 33.2 Å². The molecule has 0 aliphatic rings. The molecule has 0 bridgehead atoms. The lowest BCUT2D eigenvalue weighted by Gasteiger charge is -2.13. The predicted octanol–water partition coefficient (Wildman–Crippen LogP) is 5.62. The fourth-order valence-electron chi connectivity index (χ4n) is 3.55. The summed E-state index contributed by atoms with van der Waals surface area (Å²) in [5.74, 6) is 0.570. The maximum atomic E-state index is 13.4. The van der Waals surface area contributed by atoms with Gasteiger partial charge in [0.2, 0.25) is 5.69 Å². The minimum absolute atomic E-state index is 0.0703. The molecule has 3 heterocycles. The maximum absolute atomic E-state index is 13.4. The van der Waals surface area contributed by atoms with Crippen LogP contribution < -0.4 is 16.0 Å². The summed E-state index contributed by atoms with van der Waals surface area (Å²) in [5.41, 5.74) is 0.179. The molecule has 0 amide bonds. The molecule has 178 valence electrons. The van der Waals surface area contributed by atoms with Crippen molar-refractivity contribution in [2.75, 3.05) is 0 Å². The molecule has 0 aliphatic carbocycles. The molecular weight excluding hydrogens is 528 g/mol. The Morgan fingerprint density at radius 1 is 1.11 bits per heavy atom. The lowest BCUT2D eigenvalue weighted by molar-refractivity contribution is 0.483. The van der Waals surface area contributed by atoms with E-state index in [2.05, 4.69) is 10.1 Å². The maximum Gasteiger partial charge on any atom is 0.349 e. The molecule has 0 spiro atoms.